The molecular weight excluding hydrogens is 160 g/mol. The van der Waals surface area contributed by atoms with Crippen molar-refractivity contribution in [3.63, 3.8) is 0 Å². The fraction of sp³-hybridized carbons (Fsp3) is 1.00. The van der Waals surface area contributed by atoms with Crippen molar-refractivity contribution in [3.8, 4) is 0 Å². The van der Waals surface area contributed by atoms with E-state index >= 15 is 0 Å². The molecule has 2 saturated carbocycles. The maximum absolute atomic E-state index is 5.86. The van der Waals surface area contributed by atoms with Crippen LogP contribution in [0.15, 0.2) is 0 Å². The van der Waals surface area contributed by atoms with Crippen molar-refractivity contribution in [2.75, 3.05) is 6.61 Å². The molecule has 2 aliphatic carbocycles. The lowest BCUT2D eigenvalue weighted by Gasteiger charge is -2.25. The fourth-order valence-electron chi connectivity index (χ4n) is 3.67. The van der Waals surface area contributed by atoms with Crippen LogP contribution in [0.25, 0.3) is 0 Å². The Bertz CT molecular complexity index is 174. The lowest BCUT2D eigenvalue weighted by molar-refractivity contribution is -0.0258. The molecule has 2 atom stereocenters. The molecule has 0 bridgehead atoms. The number of rotatable bonds is 2. The highest BCUT2D eigenvalue weighted by Crippen LogP contribution is 2.51. The summed E-state index contributed by atoms with van der Waals surface area (Å²) in [5.74, 6) is 2.93. The van der Waals surface area contributed by atoms with Gasteiger partial charge in [-0.3, -0.25) is 0 Å². The van der Waals surface area contributed by atoms with Gasteiger partial charge >= 0.3 is 0 Å². The van der Waals surface area contributed by atoms with Gasteiger partial charge in [-0.25, -0.2) is 0 Å². The summed E-state index contributed by atoms with van der Waals surface area (Å²) in [6, 6.07) is 0. The molecular formula is C12H22O. The van der Waals surface area contributed by atoms with Gasteiger partial charge in [0, 0.05) is 6.61 Å². The van der Waals surface area contributed by atoms with Crippen LogP contribution in [0.3, 0.4) is 0 Å². The lowest BCUT2D eigenvalue weighted by Crippen LogP contribution is -2.25. The molecule has 0 aromatic heterocycles. The van der Waals surface area contributed by atoms with Gasteiger partial charge in [-0.1, -0.05) is 6.92 Å². The third-order valence-corrected chi connectivity index (χ3v) is 3.96. The van der Waals surface area contributed by atoms with Gasteiger partial charge in [-0.15, -0.1) is 0 Å². The Kier molecular flexibility index (Phi) is 2.39. The number of fused-ring (bicyclic) bond motifs is 1. The van der Waals surface area contributed by atoms with E-state index in [0.29, 0.717) is 0 Å². The molecule has 2 fully saturated rings. The highest BCUT2D eigenvalue weighted by Gasteiger charge is 2.46. The Morgan fingerprint density at radius 2 is 1.77 bits per heavy atom. The van der Waals surface area contributed by atoms with Crippen LogP contribution in [0.1, 0.15) is 46.5 Å². The minimum absolute atomic E-state index is 0.226. The summed E-state index contributed by atoms with van der Waals surface area (Å²) in [5, 5.41) is 0. The van der Waals surface area contributed by atoms with E-state index in [1.807, 2.05) is 0 Å². The smallest absolute Gasteiger partial charge is 0.0659 e. The van der Waals surface area contributed by atoms with Crippen molar-refractivity contribution in [2.24, 2.45) is 17.8 Å². The van der Waals surface area contributed by atoms with E-state index in [1.54, 1.807) is 0 Å². The number of hydrogen-bond donors (Lipinski definition) is 0. The van der Waals surface area contributed by atoms with Gasteiger partial charge < -0.3 is 4.74 Å². The Morgan fingerprint density at radius 1 is 1.23 bits per heavy atom. The molecule has 1 nitrogen and oxygen atoms in total. The van der Waals surface area contributed by atoms with Crippen molar-refractivity contribution >= 4 is 0 Å². The maximum atomic E-state index is 5.86. The zero-order valence-corrected chi connectivity index (χ0v) is 9.18. The molecule has 0 aromatic carbocycles. The number of ether oxygens (including phenoxy) is 1. The first-order chi connectivity index (χ1) is 6.13. The minimum Gasteiger partial charge on any atom is -0.376 e. The zero-order valence-electron chi connectivity index (χ0n) is 9.18. The van der Waals surface area contributed by atoms with Gasteiger partial charge in [0.1, 0.15) is 0 Å². The van der Waals surface area contributed by atoms with Crippen molar-refractivity contribution < 1.29 is 4.74 Å². The van der Waals surface area contributed by atoms with Crippen molar-refractivity contribution in [1.82, 2.24) is 0 Å². The summed E-state index contributed by atoms with van der Waals surface area (Å²) in [6.07, 6.45) is 5.53. The summed E-state index contributed by atoms with van der Waals surface area (Å²) in [6.45, 7) is 7.70. The van der Waals surface area contributed by atoms with Gasteiger partial charge in [0.15, 0.2) is 0 Å². The second kappa shape index (κ2) is 3.27. The van der Waals surface area contributed by atoms with Crippen LogP contribution < -0.4 is 0 Å². The predicted octanol–water partition coefficient (Wildman–Crippen LogP) is 3.24. The van der Waals surface area contributed by atoms with Crippen LogP contribution in [0.4, 0.5) is 0 Å². The highest BCUT2D eigenvalue weighted by atomic mass is 16.5. The van der Waals surface area contributed by atoms with Crippen LogP contribution in [0.2, 0.25) is 0 Å². The summed E-state index contributed by atoms with van der Waals surface area (Å²) >= 11 is 0. The second-order valence-corrected chi connectivity index (χ2v) is 5.39. The quantitative estimate of drug-likeness (QED) is 0.637. The highest BCUT2D eigenvalue weighted by molar-refractivity contribution is 4.97. The summed E-state index contributed by atoms with van der Waals surface area (Å²) in [4.78, 5) is 0. The maximum Gasteiger partial charge on any atom is 0.0659 e. The first-order valence-electron chi connectivity index (χ1n) is 5.77. The third-order valence-electron chi connectivity index (χ3n) is 3.96. The lowest BCUT2D eigenvalue weighted by atomic mass is 9.97. The van der Waals surface area contributed by atoms with Gasteiger partial charge in [0.05, 0.1) is 5.60 Å². The SMILES string of the molecule is CCOC1(C)CC2CC(C)CC2C1. The molecule has 0 heterocycles. The third kappa shape index (κ3) is 1.76. The predicted molar refractivity (Wildman–Crippen MR) is 54.6 cm³/mol. The molecule has 1 heteroatoms. The molecule has 0 amide bonds. The molecule has 0 aliphatic heterocycles. The monoisotopic (exact) mass is 182 g/mol. The second-order valence-electron chi connectivity index (χ2n) is 5.39. The topological polar surface area (TPSA) is 9.23 Å². The average molecular weight is 182 g/mol. The molecule has 0 N–H and O–H groups in total. The molecule has 2 unspecified atom stereocenters. The van der Waals surface area contributed by atoms with Gasteiger partial charge in [0.2, 0.25) is 0 Å². The molecule has 13 heavy (non-hydrogen) atoms. The average Bonchev–Trinajstić information content (AvgIpc) is 2.41. The molecule has 0 saturated heterocycles. The van der Waals surface area contributed by atoms with Gasteiger partial charge in [0.25, 0.3) is 0 Å². The van der Waals surface area contributed by atoms with E-state index in [9.17, 15) is 0 Å². The van der Waals surface area contributed by atoms with E-state index in [4.69, 9.17) is 4.74 Å². The first-order valence-corrected chi connectivity index (χ1v) is 5.77. The van der Waals surface area contributed by atoms with E-state index in [1.165, 1.54) is 25.7 Å². The molecule has 0 aromatic rings. The fourth-order valence-corrected chi connectivity index (χ4v) is 3.67. The molecule has 76 valence electrons. The van der Waals surface area contributed by atoms with Crippen LogP contribution in [0.5, 0.6) is 0 Å². The van der Waals surface area contributed by atoms with Gasteiger partial charge in [-0.2, -0.15) is 0 Å². The Hall–Kier alpha value is -0.0400. The van der Waals surface area contributed by atoms with E-state index < -0.39 is 0 Å². The van der Waals surface area contributed by atoms with E-state index in [2.05, 4.69) is 20.8 Å². The van der Waals surface area contributed by atoms with E-state index in [0.717, 1.165) is 24.4 Å². The molecule has 2 rings (SSSR count). The zero-order chi connectivity index (χ0) is 9.47. The Balaban J connectivity index is 1.96. The van der Waals surface area contributed by atoms with Crippen LogP contribution >= 0.6 is 0 Å². The first kappa shape index (κ1) is 9.51. The normalized spacial score (nSPS) is 49.6. The van der Waals surface area contributed by atoms with Crippen molar-refractivity contribution in [1.29, 1.82) is 0 Å². The summed E-state index contributed by atoms with van der Waals surface area (Å²) < 4.78 is 5.86. The molecule has 0 radical (unpaired) electrons. The van der Waals surface area contributed by atoms with Crippen molar-refractivity contribution in [2.45, 2.75) is 52.1 Å². The molecule has 0 spiro atoms. The molecule has 2 aliphatic rings. The van der Waals surface area contributed by atoms with E-state index in [-0.39, 0.29) is 5.60 Å². The standard InChI is InChI=1S/C12H22O/c1-4-13-12(3)7-10-5-9(2)6-11(10)8-12/h9-11H,4-8H2,1-3H3. The minimum atomic E-state index is 0.226. The number of hydrogen-bond acceptors (Lipinski definition) is 1. The van der Waals surface area contributed by atoms with Gasteiger partial charge in [-0.05, 0) is 57.3 Å². The van der Waals surface area contributed by atoms with Crippen molar-refractivity contribution in [3.05, 3.63) is 0 Å². The van der Waals surface area contributed by atoms with Crippen LogP contribution in [0, 0.1) is 17.8 Å². The Labute approximate surface area is 81.9 Å². The van der Waals surface area contributed by atoms with Crippen LogP contribution in [-0.2, 0) is 4.74 Å². The van der Waals surface area contributed by atoms with Crippen LogP contribution in [-0.4, -0.2) is 12.2 Å². The Morgan fingerprint density at radius 3 is 2.23 bits per heavy atom. The largest absolute Gasteiger partial charge is 0.376 e. The summed E-state index contributed by atoms with van der Waals surface area (Å²) in [7, 11) is 0. The summed E-state index contributed by atoms with van der Waals surface area (Å²) in [5.41, 5.74) is 0.226.